The first-order valence-corrected chi connectivity index (χ1v) is 20.0. The number of ether oxygens (including phenoxy) is 1. The molecule has 320 valence electrons. The number of aromatic nitrogens is 8. The van der Waals surface area contributed by atoms with Crippen LogP contribution in [0.3, 0.4) is 0 Å². The van der Waals surface area contributed by atoms with E-state index in [1.165, 1.54) is 17.2 Å². The monoisotopic (exact) mass is 943 g/mol. The minimum atomic E-state index is -1.08. The van der Waals surface area contributed by atoms with E-state index in [0.717, 1.165) is 5.56 Å². The number of amides is 1. The normalized spacial score (nSPS) is 11.0. The number of rotatable bonds is 9. The SMILES string of the molecule is CC(C)(C)OC(=O)N(Cc1ccc(Cl)cc1Cl)c1cc(-c2ccc(C#N)nc2)nc2ccnn12.Cl.O=C(O)c1ccc(-c2cc(NCc3ccc(Cl)cc3Cl)n3nccc3n2)cn1. The van der Waals surface area contributed by atoms with Crippen LogP contribution in [0.5, 0.6) is 0 Å². The first-order valence-electron chi connectivity index (χ1n) is 18.5. The summed E-state index contributed by atoms with van der Waals surface area (Å²) in [5, 5.41) is 32.0. The number of carbonyl (C=O) groups excluding carboxylic acids is 1. The van der Waals surface area contributed by atoms with E-state index in [9.17, 15) is 9.59 Å². The number of halogens is 5. The minimum Gasteiger partial charge on any atom is -0.477 e. The number of carboxylic acids is 1. The molecule has 2 N–H and O–H groups in total. The molecule has 2 aromatic carbocycles. The van der Waals surface area contributed by atoms with E-state index in [4.69, 9.17) is 61.5 Å². The standard InChI is InChI=1S/C24H20Cl2N6O2.C19H13Cl2N5O2.ClH/c1-24(2,3)34-23(33)31(14-16-4-6-17(25)10-19(16)26)22-11-20(30-21-8-9-29-32(21)22)15-5-7-18(12-27)28-13-15;20-13-3-1-11(14(21)7-13)9-23-18-8-16(25-17-5-6-24-26(17)18)12-2-4-15(19(27)28)22-10-12;/h4-11,13H,14H2,1-3H3;1-8,10,23H,9H2,(H,27,28);1H. The number of aromatic carboxylic acids is 1. The number of fused-ring (bicyclic) bond motifs is 2. The first-order chi connectivity index (χ1) is 29.6. The van der Waals surface area contributed by atoms with E-state index in [0.29, 0.717) is 83.3 Å². The molecule has 0 saturated heterocycles. The number of nitriles is 1. The Hall–Kier alpha value is -6.54. The fourth-order valence-electron chi connectivity index (χ4n) is 5.93. The molecule has 0 fully saturated rings. The zero-order chi connectivity index (χ0) is 44.1. The van der Waals surface area contributed by atoms with Gasteiger partial charge in [0.05, 0.1) is 30.3 Å². The van der Waals surface area contributed by atoms with Crippen molar-refractivity contribution in [2.24, 2.45) is 0 Å². The molecular formula is C43H34Cl5N11O4. The quantitative estimate of drug-likeness (QED) is 0.140. The third kappa shape index (κ3) is 11.1. The van der Waals surface area contributed by atoms with Crippen molar-refractivity contribution in [2.45, 2.75) is 39.5 Å². The van der Waals surface area contributed by atoms with Gasteiger partial charge in [0.1, 0.15) is 34.7 Å². The van der Waals surface area contributed by atoms with Crippen LogP contribution in [0.1, 0.15) is 48.1 Å². The maximum absolute atomic E-state index is 13.4. The molecule has 1 amide bonds. The molecule has 0 unspecified atom stereocenters. The topological polar surface area (TPSA) is 189 Å². The summed E-state index contributed by atoms with van der Waals surface area (Å²) in [4.78, 5) is 43.1. The molecule has 0 saturated carbocycles. The number of nitrogens with one attached hydrogen (secondary N) is 1. The summed E-state index contributed by atoms with van der Waals surface area (Å²) in [6.07, 6.45) is 5.71. The lowest BCUT2D eigenvalue weighted by atomic mass is 10.1. The van der Waals surface area contributed by atoms with E-state index < -0.39 is 17.7 Å². The van der Waals surface area contributed by atoms with E-state index in [2.05, 4.69) is 35.5 Å². The lowest BCUT2D eigenvalue weighted by Gasteiger charge is -2.28. The van der Waals surface area contributed by atoms with Gasteiger partial charge >= 0.3 is 12.1 Å². The number of hydrogen-bond donors (Lipinski definition) is 2. The van der Waals surface area contributed by atoms with Gasteiger partial charge in [0.2, 0.25) is 0 Å². The summed E-state index contributed by atoms with van der Waals surface area (Å²) in [6.45, 7) is 5.95. The van der Waals surface area contributed by atoms with Crippen LogP contribution in [0, 0.1) is 11.3 Å². The molecule has 15 nitrogen and oxygen atoms in total. The molecule has 8 rings (SSSR count). The van der Waals surface area contributed by atoms with Crippen LogP contribution in [-0.4, -0.2) is 61.9 Å². The summed E-state index contributed by atoms with van der Waals surface area (Å²) >= 11 is 24.7. The molecule has 0 spiro atoms. The molecule has 0 radical (unpaired) electrons. The Morgan fingerprint density at radius 1 is 0.778 bits per heavy atom. The minimum absolute atomic E-state index is 0. The van der Waals surface area contributed by atoms with Crippen molar-refractivity contribution in [3.8, 4) is 28.6 Å². The maximum atomic E-state index is 13.4. The second-order valence-corrected chi connectivity index (χ2v) is 16.1. The largest absolute Gasteiger partial charge is 0.477 e. The molecule has 20 heteroatoms. The molecule has 0 aliphatic rings. The second-order valence-electron chi connectivity index (χ2n) is 14.4. The van der Waals surface area contributed by atoms with Crippen LogP contribution in [0.25, 0.3) is 33.8 Å². The van der Waals surface area contributed by atoms with Crippen molar-refractivity contribution in [2.75, 3.05) is 10.2 Å². The summed E-state index contributed by atoms with van der Waals surface area (Å²) in [6, 6.07) is 25.9. The third-order valence-corrected chi connectivity index (χ3v) is 10.0. The van der Waals surface area contributed by atoms with Gasteiger partial charge in [-0.3, -0.25) is 4.90 Å². The fraction of sp³-hybridized carbons (Fsp3) is 0.140. The second kappa shape index (κ2) is 19.7. The smallest absolute Gasteiger partial charge is 0.416 e. The number of carboxylic acid groups (broad SMARTS) is 1. The van der Waals surface area contributed by atoms with E-state index in [-0.39, 0.29) is 24.6 Å². The fourth-order valence-corrected chi connectivity index (χ4v) is 6.88. The van der Waals surface area contributed by atoms with Gasteiger partial charge in [-0.15, -0.1) is 12.4 Å². The number of anilines is 2. The Bertz CT molecular complexity index is 2990. The molecular weight excluding hydrogens is 912 g/mol. The lowest BCUT2D eigenvalue weighted by molar-refractivity contribution is 0.0574. The van der Waals surface area contributed by atoms with Gasteiger partial charge < -0.3 is 15.2 Å². The van der Waals surface area contributed by atoms with Crippen LogP contribution in [0.2, 0.25) is 20.1 Å². The Morgan fingerprint density at radius 3 is 1.92 bits per heavy atom. The Labute approximate surface area is 386 Å². The summed E-state index contributed by atoms with van der Waals surface area (Å²) in [7, 11) is 0. The van der Waals surface area contributed by atoms with Crippen molar-refractivity contribution in [1.29, 1.82) is 5.26 Å². The third-order valence-electron chi connectivity index (χ3n) is 8.86. The van der Waals surface area contributed by atoms with E-state index in [1.807, 2.05) is 18.2 Å². The molecule has 0 atom stereocenters. The lowest BCUT2D eigenvalue weighted by Crippen LogP contribution is -2.37. The molecule has 6 aromatic heterocycles. The Morgan fingerprint density at radius 2 is 1.37 bits per heavy atom. The zero-order valence-electron chi connectivity index (χ0n) is 33.4. The highest BCUT2D eigenvalue weighted by Gasteiger charge is 2.27. The molecule has 0 bridgehead atoms. The number of benzene rings is 2. The van der Waals surface area contributed by atoms with Crippen LogP contribution in [0.4, 0.5) is 16.4 Å². The molecule has 8 aromatic rings. The predicted molar refractivity (Wildman–Crippen MR) is 244 cm³/mol. The van der Waals surface area contributed by atoms with Gasteiger partial charge in [-0.05, 0) is 80.4 Å². The summed E-state index contributed by atoms with van der Waals surface area (Å²) in [5.41, 5.74) is 4.84. The Balaban J connectivity index is 0.000000210. The average Bonchev–Trinajstić information content (AvgIpc) is 3.93. The van der Waals surface area contributed by atoms with Crippen LogP contribution in [0.15, 0.2) is 110 Å². The van der Waals surface area contributed by atoms with Gasteiger partial charge in [0, 0.05) is 74.4 Å². The van der Waals surface area contributed by atoms with Crippen LogP contribution in [-0.2, 0) is 17.8 Å². The number of nitrogens with zero attached hydrogens (tertiary/aromatic N) is 10. The Kier molecular flexibility index (Phi) is 14.3. The molecule has 0 aliphatic carbocycles. The molecule has 0 aliphatic heterocycles. The highest BCUT2D eigenvalue weighted by molar-refractivity contribution is 6.35. The van der Waals surface area contributed by atoms with Gasteiger partial charge in [-0.25, -0.2) is 29.5 Å². The highest BCUT2D eigenvalue weighted by Crippen LogP contribution is 2.30. The maximum Gasteiger partial charge on any atom is 0.416 e. The van der Waals surface area contributed by atoms with Gasteiger partial charge in [0.15, 0.2) is 11.3 Å². The van der Waals surface area contributed by atoms with E-state index in [1.54, 1.807) is 115 Å². The van der Waals surface area contributed by atoms with Crippen molar-refractivity contribution < 1.29 is 19.4 Å². The number of pyridine rings is 2. The van der Waals surface area contributed by atoms with Crippen molar-refractivity contribution in [1.82, 2.24) is 39.2 Å². The predicted octanol–water partition coefficient (Wildman–Crippen LogP) is 10.7. The zero-order valence-corrected chi connectivity index (χ0v) is 37.2. The van der Waals surface area contributed by atoms with Crippen LogP contribution < -0.4 is 10.2 Å². The summed E-state index contributed by atoms with van der Waals surface area (Å²) < 4.78 is 8.92. The summed E-state index contributed by atoms with van der Waals surface area (Å²) in [5.74, 6) is 0.0564. The van der Waals surface area contributed by atoms with E-state index >= 15 is 0 Å². The number of hydrogen-bond acceptors (Lipinski definition) is 11. The molecule has 6 heterocycles. The van der Waals surface area contributed by atoms with Crippen molar-refractivity contribution >= 4 is 93.8 Å². The molecule has 63 heavy (non-hydrogen) atoms. The van der Waals surface area contributed by atoms with Crippen molar-refractivity contribution in [3.63, 3.8) is 0 Å². The average molecular weight is 946 g/mol. The highest BCUT2D eigenvalue weighted by atomic mass is 35.5. The van der Waals surface area contributed by atoms with Crippen molar-refractivity contribution in [3.05, 3.63) is 152 Å². The number of carbonyl (C=O) groups is 2. The van der Waals surface area contributed by atoms with Gasteiger partial charge in [-0.1, -0.05) is 58.5 Å². The van der Waals surface area contributed by atoms with Gasteiger partial charge in [-0.2, -0.15) is 24.5 Å². The van der Waals surface area contributed by atoms with Gasteiger partial charge in [0.25, 0.3) is 0 Å². The van der Waals surface area contributed by atoms with Crippen LogP contribution >= 0.6 is 58.8 Å². The first kappa shape index (κ1) is 46.0.